The Morgan fingerprint density at radius 3 is 2.42 bits per heavy atom. The van der Waals surface area contributed by atoms with Gasteiger partial charge in [-0.2, -0.15) is 31.4 Å². The fraction of sp³-hybridized carbons (Fsp3) is 0.353. The van der Waals surface area contributed by atoms with Gasteiger partial charge in [-0.3, -0.25) is 5.32 Å². The molecule has 176 valence electrons. The van der Waals surface area contributed by atoms with Gasteiger partial charge in [-0.25, -0.2) is 14.3 Å². The molecule has 0 unspecified atom stereocenters. The van der Waals surface area contributed by atoms with Crippen LogP contribution >= 0.6 is 11.6 Å². The normalized spacial score (nSPS) is 15.4. The van der Waals surface area contributed by atoms with Crippen LogP contribution in [0.2, 0.25) is 5.15 Å². The van der Waals surface area contributed by atoms with Gasteiger partial charge in [0.25, 0.3) is 0 Å². The number of alkyl halides is 6. The molecule has 0 atom stereocenters. The molecule has 9 nitrogen and oxygen atoms in total. The van der Waals surface area contributed by atoms with Crippen LogP contribution < -0.4 is 15.4 Å². The Labute approximate surface area is 185 Å². The molecule has 0 aromatic carbocycles. The number of amides is 2. The van der Waals surface area contributed by atoms with Gasteiger partial charge in [0.15, 0.2) is 16.6 Å². The Hall–Kier alpha value is -3.36. The average molecular weight is 496 g/mol. The molecule has 3 aromatic heterocycles. The number of aromatic nitrogens is 5. The first-order valence-electron chi connectivity index (χ1n) is 9.04. The maximum absolute atomic E-state index is 13.8. The number of urea groups is 1. The number of carbonyl (C=O) groups excluding carboxylic acids is 1. The van der Waals surface area contributed by atoms with Crippen molar-refractivity contribution in [3.8, 4) is 5.88 Å². The highest BCUT2D eigenvalue weighted by Crippen LogP contribution is 2.60. The molecule has 0 bridgehead atoms. The number of halogens is 7. The highest BCUT2D eigenvalue weighted by Gasteiger charge is 2.66. The Kier molecular flexibility index (Phi) is 5.26. The number of hydrogen-bond donors (Lipinski definition) is 2. The quantitative estimate of drug-likeness (QED) is 0.518. The van der Waals surface area contributed by atoms with Crippen molar-refractivity contribution in [2.45, 2.75) is 30.6 Å². The topological polar surface area (TPSA) is 106 Å². The van der Waals surface area contributed by atoms with Gasteiger partial charge in [-0.05, 0) is 12.8 Å². The minimum Gasteiger partial charge on any atom is -0.479 e. The third-order valence-electron chi connectivity index (χ3n) is 4.95. The molecular formula is C17H12ClF6N7O2. The molecule has 3 aromatic rings. The SMILES string of the molecule is COc1nnc(NC(=O)Nc2cnc3cc(Cl)nn3c2C2(C(F)(F)F)CC2)cc1C(F)(F)F. The number of anilines is 2. The van der Waals surface area contributed by atoms with Gasteiger partial charge in [0, 0.05) is 12.1 Å². The van der Waals surface area contributed by atoms with E-state index in [0.717, 1.165) is 17.8 Å². The molecule has 0 spiro atoms. The molecule has 1 saturated carbocycles. The zero-order valence-corrected chi connectivity index (χ0v) is 17.1. The molecule has 1 aliphatic rings. The molecule has 3 heterocycles. The summed E-state index contributed by atoms with van der Waals surface area (Å²) >= 11 is 5.81. The average Bonchev–Trinajstić information content (AvgIpc) is 3.43. The molecule has 2 amide bonds. The molecular weight excluding hydrogens is 484 g/mol. The highest BCUT2D eigenvalue weighted by molar-refractivity contribution is 6.29. The fourth-order valence-corrected chi connectivity index (χ4v) is 3.48. The summed E-state index contributed by atoms with van der Waals surface area (Å²) in [6.45, 7) is 0. The van der Waals surface area contributed by atoms with Gasteiger partial charge in [-0.1, -0.05) is 11.6 Å². The van der Waals surface area contributed by atoms with E-state index < -0.39 is 46.8 Å². The van der Waals surface area contributed by atoms with Crippen molar-refractivity contribution in [2.24, 2.45) is 0 Å². The van der Waals surface area contributed by atoms with E-state index >= 15 is 0 Å². The molecule has 16 heteroatoms. The summed E-state index contributed by atoms with van der Waals surface area (Å²) in [6, 6.07) is 0.535. The molecule has 0 radical (unpaired) electrons. The van der Waals surface area contributed by atoms with Crippen LogP contribution in [0.15, 0.2) is 18.3 Å². The minimum atomic E-state index is -4.86. The van der Waals surface area contributed by atoms with Crippen molar-refractivity contribution in [2.75, 3.05) is 17.7 Å². The number of methoxy groups -OCH3 is 1. The summed E-state index contributed by atoms with van der Waals surface area (Å²) in [4.78, 5) is 16.3. The molecule has 33 heavy (non-hydrogen) atoms. The second-order valence-electron chi connectivity index (χ2n) is 7.07. The summed E-state index contributed by atoms with van der Waals surface area (Å²) in [5.74, 6) is -1.43. The first-order chi connectivity index (χ1) is 15.4. The summed E-state index contributed by atoms with van der Waals surface area (Å²) in [5, 5.41) is 14.5. The number of nitrogens with zero attached hydrogens (tertiary/aromatic N) is 5. The van der Waals surface area contributed by atoms with Crippen LogP contribution in [0.25, 0.3) is 5.65 Å². The van der Waals surface area contributed by atoms with Crippen molar-refractivity contribution >= 4 is 34.8 Å². The molecule has 0 saturated heterocycles. The number of nitrogens with one attached hydrogen (secondary N) is 2. The number of ether oxygens (including phenoxy) is 1. The first-order valence-corrected chi connectivity index (χ1v) is 9.42. The van der Waals surface area contributed by atoms with E-state index in [9.17, 15) is 31.1 Å². The summed E-state index contributed by atoms with van der Waals surface area (Å²) in [7, 11) is 0.958. The Morgan fingerprint density at radius 1 is 1.15 bits per heavy atom. The number of rotatable bonds is 4. The molecule has 1 fully saturated rings. The van der Waals surface area contributed by atoms with Crippen molar-refractivity contribution in [1.29, 1.82) is 0 Å². The lowest BCUT2D eigenvalue weighted by Gasteiger charge is -2.23. The van der Waals surface area contributed by atoms with Crippen LogP contribution in [0.5, 0.6) is 5.88 Å². The van der Waals surface area contributed by atoms with E-state index in [1.807, 2.05) is 5.32 Å². The smallest absolute Gasteiger partial charge is 0.421 e. The van der Waals surface area contributed by atoms with E-state index in [-0.39, 0.29) is 29.3 Å². The van der Waals surface area contributed by atoms with Crippen LogP contribution in [0, 0.1) is 0 Å². The first kappa shape index (κ1) is 22.8. The molecule has 2 N–H and O–H groups in total. The van der Waals surface area contributed by atoms with Crippen molar-refractivity contribution < 1.29 is 35.9 Å². The van der Waals surface area contributed by atoms with Crippen LogP contribution in [-0.4, -0.2) is 44.1 Å². The van der Waals surface area contributed by atoms with Crippen LogP contribution in [-0.2, 0) is 11.6 Å². The zero-order chi connectivity index (χ0) is 24.2. The van der Waals surface area contributed by atoms with E-state index in [1.54, 1.807) is 0 Å². The van der Waals surface area contributed by atoms with Gasteiger partial charge < -0.3 is 10.1 Å². The van der Waals surface area contributed by atoms with Gasteiger partial charge in [0.2, 0.25) is 5.88 Å². The Balaban J connectivity index is 1.68. The molecule has 0 aliphatic heterocycles. The Bertz CT molecular complexity index is 1240. The lowest BCUT2D eigenvalue weighted by molar-refractivity contribution is -0.161. The minimum absolute atomic E-state index is 0.0207. The predicted octanol–water partition coefficient (Wildman–Crippen LogP) is 4.44. The summed E-state index contributed by atoms with van der Waals surface area (Å²) < 4.78 is 86.4. The zero-order valence-electron chi connectivity index (χ0n) is 16.3. The van der Waals surface area contributed by atoms with Crippen LogP contribution in [0.4, 0.5) is 42.6 Å². The molecule has 1 aliphatic carbocycles. The van der Waals surface area contributed by atoms with Crippen LogP contribution in [0.1, 0.15) is 24.1 Å². The van der Waals surface area contributed by atoms with Gasteiger partial charge >= 0.3 is 18.4 Å². The van der Waals surface area contributed by atoms with E-state index in [2.05, 4.69) is 30.3 Å². The van der Waals surface area contributed by atoms with Gasteiger partial charge in [0.1, 0.15) is 11.0 Å². The largest absolute Gasteiger partial charge is 0.479 e. The maximum atomic E-state index is 13.8. The second kappa shape index (κ2) is 7.60. The lowest BCUT2D eigenvalue weighted by Crippen LogP contribution is -2.33. The highest BCUT2D eigenvalue weighted by atomic mass is 35.5. The maximum Gasteiger partial charge on any atom is 0.421 e. The fourth-order valence-electron chi connectivity index (χ4n) is 3.30. The third-order valence-corrected chi connectivity index (χ3v) is 5.13. The second-order valence-corrected chi connectivity index (χ2v) is 7.45. The Morgan fingerprint density at radius 2 is 1.85 bits per heavy atom. The number of fused-ring (bicyclic) bond motifs is 1. The van der Waals surface area contributed by atoms with Gasteiger partial charge in [-0.15, -0.1) is 10.2 Å². The van der Waals surface area contributed by atoms with E-state index in [0.29, 0.717) is 6.07 Å². The monoisotopic (exact) mass is 495 g/mol. The van der Waals surface area contributed by atoms with Crippen LogP contribution in [0.3, 0.4) is 0 Å². The van der Waals surface area contributed by atoms with E-state index in [4.69, 9.17) is 11.6 Å². The van der Waals surface area contributed by atoms with Crippen molar-refractivity contribution in [3.63, 3.8) is 0 Å². The van der Waals surface area contributed by atoms with Crippen molar-refractivity contribution in [1.82, 2.24) is 24.8 Å². The molecule has 4 rings (SSSR count). The third kappa shape index (κ3) is 4.07. The number of carbonyl (C=O) groups is 1. The standard InChI is InChI=1S/C17H12ClF6N7O2/c1-33-13-7(16(19,20)21)4-10(28-29-13)27-14(32)26-8-6-25-11-5-9(18)30-31(11)12(8)15(2-3-15)17(22,23)24/h4-6H,2-3H2,1H3,(H2,26,27,28,32). The summed E-state index contributed by atoms with van der Waals surface area (Å²) in [6.07, 6.45) is -9.07. The lowest BCUT2D eigenvalue weighted by atomic mass is 10.00. The summed E-state index contributed by atoms with van der Waals surface area (Å²) in [5.41, 5.74) is -4.34. The predicted molar refractivity (Wildman–Crippen MR) is 101 cm³/mol. The van der Waals surface area contributed by atoms with Crippen molar-refractivity contribution in [3.05, 3.63) is 34.7 Å². The van der Waals surface area contributed by atoms with Gasteiger partial charge in [0.05, 0.1) is 24.7 Å². The van der Waals surface area contributed by atoms with E-state index in [1.165, 1.54) is 6.07 Å². The number of hydrogen-bond acceptors (Lipinski definition) is 6.